The van der Waals surface area contributed by atoms with E-state index in [4.69, 9.17) is 15.2 Å². The van der Waals surface area contributed by atoms with Crippen LogP contribution in [0.4, 0.5) is 0 Å². The molecule has 174 valence electrons. The van der Waals surface area contributed by atoms with Crippen molar-refractivity contribution in [2.45, 2.75) is 22.9 Å². The number of ether oxygens (including phenoxy) is 2. The molecule has 2 aliphatic rings. The first-order chi connectivity index (χ1) is 16.6. The molecule has 1 amide bonds. The van der Waals surface area contributed by atoms with Crippen molar-refractivity contribution < 1.29 is 19.1 Å². The maximum Gasteiger partial charge on any atom is 0.355 e. The summed E-state index contributed by atoms with van der Waals surface area (Å²) in [6.45, 7) is 0.103. The molecule has 1 fully saturated rings. The van der Waals surface area contributed by atoms with Gasteiger partial charge in [-0.2, -0.15) is 0 Å². The highest BCUT2D eigenvalue weighted by atomic mass is 32.2. The molecule has 0 radical (unpaired) electrons. The van der Waals surface area contributed by atoms with Crippen LogP contribution in [-0.4, -0.2) is 51.8 Å². The van der Waals surface area contributed by atoms with Crippen LogP contribution in [0.25, 0.3) is 10.9 Å². The minimum Gasteiger partial charge on any atom is -0.497 e. The Bertz CT molecular complexity index is 1270. The van der Waals surface area contributed by atoms with E-state index in [1.54, 1.807) is 36.8 Å². The molecule has 1 saturated heterocycles. The van der Waals surface area contributed by atoms with Gasteiger partial charge in [0.25, 0.3) is 0 Å². The number of benzene rings is 2. The molecule has 2 atom stereocenters. The van der Waals surface area contributed by atoms with Gasteiger partial charge in [-0.15, -0.1) is 23.5 Å². The SMILES string of the molecule is COc1ccc(COC(=O)C2=C(CSc3cccc4cccnc34)CS[C@@H]3[C@H](N)C(=O)N23)cc1. The zero-order valence-electron chi connectivity index (χ0n) is 18.5. The van der Waals surface area contributed by atoms with Crippen molar-refractivity contribution in [3.05, 3.63) is 77.6 Å². The van der Waals surface area contributed by atoms with Crippen LogP contribution >= 0.6 is 23.5 Å². The van der Waals surface area contributed by atoms with E-state index in [1.807, 2.05) is 54.6 Å². The Morgan fingerprint density at radius 2 is 2.00 bits per heavy atom. The number of nitrogens with zero attached hydrogens (tertiary/aromatic N) is 2. The molecule has 2 N–H and O–H groups in total. The molecule has 5 rings (SSSR count). The second kappa shape index (κ2) is 9.69. The number of rotatable bonds is 7. The van der Waals surface area contributed by atoms with Gasteiger partial charge < -0.3 is 15.2 Å². The predicted octanol–water partition coefficient (Wildman–Crippen LogP) is 3.58. The first-order valence-corrected chi connectivity index (χ1v) is 12.8. The van der Waals surface area contributed by atoms with E-state index in [1.165, 1.54) is 4.90 Å². The van der Waals surface area contributed by atoms with Gasteiger partial charge in [-0.05, 0) is 35.4 Å². The summed E-state index contributed by atoms with van der Waals surface area (Å²) in [7, 11) is 1.60. The minimum absolute atomic E-state index is 0.103. The van der Waals surface area contributed by atoms with Crippen molar-refractivity contribution in [1.82, 2.24) is 9.88 Å². The lowest BCUT2D eigenvalue weighted by Gasteiger charge is -2.48. The number of esters is 1. The Hall–Kier alpha value is -3.01. The lowest BCUT2D eigenvalue weighted by atomic mass is 10.0. The number of fused-ring (bicyclic) bond motifs is 2. The number of hydrogen-bond acceptors (Lipinski definition) is 8. The van der Waals surface area contributed by atoms with E-state index >= 15 is 0 Å². The molecular formula is C25H23N3O4S2. The van der Waals surface area contributed by atoms with E-state index < -0.39 is 12.0 Å². The Balaban J connectivity index is 1.38. The van der Waals surface area contributed by atoms with Crippen LogP contribution in [0.5, 0.6) is 5.75 Å². The number of hydrogen-bond donors (Lipinski definition) is 1. The highest BCUT2D eigenvalue weighted by Gasteiger charge is 2.52. The zero-order valence-corrected chi connectivity index (χ0v) is 20.1. The number of thioether (sulfide) groups is 2. The molecule has 9 heteroatoms. The lowest BCUT2D eigenvalue weighted by molar-refractivity contribution is -0.151. The second-order valence-electron chi connectivity index (χ2n) is 7.93. The van der Waals surface area contributed by atoms with Crippen molar-refractivity contribution in [2.24, 2.45) is 5.73 Å². The van der Waals surface area contributed by atoms with Crippen molar-refractivity contribution in [1.29, 1.82) is 0 Å². The fourth-order valence-electron chi connectivity index (χ4n) is 3.98. The van der Waals surface area contributed by atoms with Crippen molar-refractivity contribution in [3.8, 4) is 5.75 Å². The third-order valence-corrected chi connectivity index (χ3v) is 8.30. The fourth-order valence-corrected chi connectivity index (χ4v) is 6.45. The first-order valence-electron chi connectivity index (χ1n) is 10.8. The maximum absolute atomic E-state index is 13.2. The molecule has 3 heterocycles. The van der Waals surface area contributed by atoms with Gasteiger partial charge in [0.15, 0.2) is 0 Å². The molecule has 2 aromatic carbocycles. The number of nitrogens with two attached hydrogens (primary N) is 1. The standard InChI is InChI=1S/C25H23N3O4S2/c1-31-18-9-7-15(8-10-18)12-32-25(30)22-17(14-34-24-20(26)23(29)28(22)24)13-33-19-6-2-4-16-5-3-11-27-21(16)19/h2-11,20,24H,12-14,26H2,1H3/t20-,24-/m1/s1. The normalized spacial score (nSPS) is 19.6. The number of carbonyl (C=O) groups is 2. The zero-order chi connectivity index (χ0) is 23.7. The van der Waals surface area contributed by atoms with Crippen molar-refractivity contribution in [3.63, 3.8) is 0 Å². The van der Waals surface area contributed by atoms with E-state index in [0.29, 0.717) is 17.2 Å². The fraction of sp³-hybridized carbons (Fsp3) is 0.240. The molecule has 3 aromatic rings. The van der Waals surface area contributed by atoms with Gasteiger partial charge >= 0.3 is 5.97 Å². The number of aromatic nitrogens is 1. The largest absolute Gasteiger partial charge is 0.497 e. The number of para-hydroxylation sites is 1. The van der Waals surface area contributed by atoms with Crippen LogP contribution in [0.15, 0.2) is 77.0 Å². The molecular weight excluding hydrogens is 470 g/mol. The summed E-state index contributed by atoms with van der Waals surface area (Å²) in [5.74, 6) is 1.13. The van der Waals surface area contributed by atoms with Crippen molar-refractivity contribution >= 4 is 46.3 Å². The molecule has 0 aliphatic carbocycles. The van der Waals surface area contributed by atoms with Crippen LogP contribution in [0.1, 0.15) is 5.56 Å². The Kier molecular flexibility index (Phi) is 6.49. The van der Waals surface area contributed by atoms with Crippen molar-refractivity contribution in [2.75, 3.05) is 18.6 Å². The summed E-state index contributed by atoms with van der Waals surface area (Å²) in [5, 5.41) is 0.826. The highest BCUT2D eigenvalue weighted by Crippen LogP contribution is 2.41. The number of β-lactam (4-membered cyclic amide) rings is 1. The molecule has 0 bridgehead atoms. The van der Waals surface area contributed by atoms with Crippen LogP contribution < -0.4 is 10.5 Å². The van der Waals surface area contributed by atoms with Gasteiger partial charge in [0.1, 0.15) is 29.5 Å². The minimum atomic E-state index is -0.592. The van der Waals surface area contributed by atoms with Gasteiger partial charge in [0.05, 0.1) is 12.6 Å². The maximum atomic E-state index is 13.2. The van der Waals surface area contributed by atoms with Crippen LogP contribution in [-0.2, 0) is 20.9 Å². The molecule has 34 heavy (non-hydrogen) atoms. The summed E-state index contributed by atoms with van der Waals surface area (Å²) >= 11 is 3.18. The summed E-state index contributed by atoms with van der Waals surface area (Å²) in [5.41, 5.74) is 8.93. The summed E-state index contributed by atoms with van der Waals surface area (Å²) in [4.78, 5) is 32.8. The Morgan fingerprint density at radius 1 is 1.21 bits per heavy atom. The average Bonchev–Trinajstić information content (AvgIpc) is 2.89. The number of pyridine rings is 1. The van der Waals surface area contributed by atoms with Gasteiger partial charge in [-0.3, -0.25) is 14.7 Å². The second-order valence-corrected chi connectivity index (χ2v) is 10.1. The Labute approximate surface area is 205 Å². The van der Waals surface area contributed by atoms with Crippen LogP contribution in [0, 0.1) is 0 Å². The quantitative estimate of drug-likeness (QED) is 0.303. The molecule has 7 nitrogen and oxygen atoms in total. The monoisotopic (exact) mass is 493 g/mol. The smallest absolute Gasteiger partial charge is 0.355 e. The highest BCUT2D eigenvalue weighted by molar-refractivity contribution is 8.01. The summed E-state index contributed by atoms with van der Waals surface area (Å²) in [6.07, 6.45) is 1.77. The molecule has 1 aromatic heterocycles. The van der Waals surface area contributed by atoms with Gasteiger partial charge in [0.2, 0.25) is 5.91 Å². The number of carbonyl (C=O) groups excluding carboxylic acids is 2. The van der Waals surface area contributed by atoms with Gasteiger partial charge in [-0.1, -0.05) is 30.3 Å². The van der Waals surface area contributed by atoms with E-state index in [2.05, 4.69) is 4.98 Å². The van der Waals surface area contributed by atoms with E-state index in [0.717, 1.165) is 32.7 Å². The van der Waals surface area contributed by atoms with Gasteiger partial charge in [-0.25, -0.2) is 4.79 Å². The predicted molar refractivity (Wildman–Crippen MR) is 133 cm³/mol. The Morgan fingerprint density at radius 3 is 2.79 bits per heavy atom. The number of methoxy groups -OCH3 is 1. The van der Waals surface area contributed by atoms with Crippen LogP contribution in [0.3, 0.4) is 0 Å². The molecule has 0 unspecified atom stereocenters. The van der Waals surface area contributed by atoms with E-state index in [-0.39, 0.29) is 17.9 Å². The summed E-state index contributed by atoms with van der Waals surface area (Å²) < 4.78 is 10.8. The average molecular weight is 494 g/mol. The molecule has 0 saturated carbocycles. The number of amides is 1. The lowest BCUT2D eigenvalue weighted by Crippen LogP contribution is -2.68. The molecule has 0 spiro atoms. The first kappa shape index (κ1) is 22.8. The molecule has 2 aliphatic heterocycles. The third-order valence-electron chi connectivity index (χ3n) is 5.81. The topological polar surface area (TPSA) is 94.7 Å². The van der Waals surface area contributed by atoms with Crippen LogP contribution in [0.2, 0.25) is 0 Å². The van der Waals surface area contributed by atoms with E-state index in [9.17, 15) is 9.59 Å². The third kappa shape index (κ3) is 4.26. The summed E-state index contributed by atoms with van der Waals surface area (Å²) in [6, 6.07) is 16.7. The van der Waals surface area contributed by atoms with Gasteiger partial charge in [0, 0.05) is 28.0 Å².